The molecule has 0 spiro atoms. The Labute approximate surface area is 119 Å². The molecule has 0 radical (unpaired) electrons. The van der Waals surface area contributed by atoms with Crippen molar-refractivity contribution in [2.45, 2.75) is 19.1 Å². The summed E-state index contributed by atoms with van der Waals surface area (Å²) in [4.78, 5) is 2.23. The predicted molar refractivity (Wildman–Crippen MR) is 75.7 cm³/mol. The van der Waals surface area contributed by atoms with E-state index in [0.717, 1.165) is 18.7 Å². The average Bonchev–Trinajstić information content (AvgIpc) is 2.49. The van der Waals surface area contributed by atoms with Crippen LogP contribution in [0.5, 0.6) is 0 Å². The summed E-state index contributed by atoms with van der Waals surface area (Å²) >= 11 is 0. The molecule has 1 saturated heterocycles. The van der Waals surface area contributed by atoms with Crippen LogP contribution in [0.25, 0.3) is 0 Å². The second-order valence-corrected chi connectivity index (χ2v) is 4.70. The van der Waals surface area contributed by atoms with Crippen molar-refractivity contribution in [1.82, 2.24) is 4.90 Å². The number of hydrogen-bond donors (Lipinski definition) is 1. The number of aliphatic hydroxyl groups excluding tert-OH is 1. The minimum atomic E-state index is -0.313. The second-order valence-electron chi connectivity index (χ2n) is 4.70. The summed E-state index contributed by atoms with van der Waals surface area (Å²) in [6.45, 7) is 3.06. The predicted octanol–water partition coefficient (Wildman–Crippen LogP) is 1.14. The van der Waals surface area contributed by atoms with Gasteiger partial charge in [-0.2, -0.15) is 5.26 Å². The van der Waals surface area contributed by atoms with Crippen molar-refractivity contribution in [3.8, 4) is 17.9 Å². The van der Waals surface area contributed by atoms with Crippen molar-refractivity contribution in [2.24, 2.45) is 0 Å². The summed E-state index contributed by atoms with van der Waals surface area (Å²) in [6.07, 6.45) is 0.192. The molecule has 1 unspecified atom stereocenters. The molecule has 1 aliphatic rings. The van der Waals surface area contributed by atoms with Crippen LogP contribution in [0.15, 0.2) is 24.3 Å². The molecular weight excluding hydrogens is 252 g/mol. The quantitative estimate of drug-likeness (QED) is 0.837. The van der Waals surface area contributed by atoms with Crippen molar-refractivity contribution >= 4 is 0 Å². The molecule has 0 amide bonds. The number of nitriles is 1. The summed E-state index contributed by atoms with van der Waals surface area (Å²) in [5.41, 5.74) is 2.16. The third-order valence-corrected chi connectivity index (χ3v) is 3.12. The monoisotopic (exact) mass is 270 g/mol. The number of aliphatic hydroxyl groups is 1. The van der Waals surface area contributed by atoms with Gasteiger partial charge < -0.3 is 9.84 Å². The van der Waals surface area contributed by atoms with Crippen molar-refractivity contribution < 1.29 is 9.84 Å². The minimum absolute atomic E-state index is 0.0994. The zero-order valence-electron chi connectivity index (χ0n) is 11.4. The van der Waals surface area contributed by atoms with Crippen LogP contribution in [0.2, 0.25) is 0 Å². The second kappa shape index (κ2) is 7.67. The van der Waals surface area contributed by atoms with E-state index in [2.05, 4.69) is 34.9 Å². The maximum Gasteiger partial charge on any atom is 0.156 e. The van der Waals surface area contributed by atoms with E-state index >= 15 is 0 Å². The van der Waals surface area contributed by atoms with Gasteiger partial charge in [-0.05, 0) is 17.7 Å². The lowest BCUT2D eigenvalue weighted by Gasteiger charge is -2.29. The van der Waals surface area contributed by atoms with Crippen LogP contribution in [-0.2, 0) is 11.3 Å². The van der Waals surface area contributed by atoms with Gasteiger partial charge in [-0.25, -0.2) is 0 Å². The van der Waals surface area contributed by atoms with E-state index < -0.39 is 0 Å². The molecule has 0 aliphatic carbocycles. The van der Waals surface area contributed by atoms with E-state index in [1.165, 1.54) is 5.56 Å². The zero-order valence-corrected chi connectivity index (χ0v) is 11.4. The highest BCUT2D eigenvalue weighted by Gasteiger charge is 2.19. The summed E-state index contributed by atoms with van der Waals surface area (Å²) in [5.74, 6) is 5.91. The molecule has 4 nitrogen and oxygen atoms in total. The number of benzene rings is 1. The van der Waals surface area contributed by atoms with Gasteiger partial charge in [0.25, 0.3) is 0 Å². The molecule has 1 aromatic carbocycles. The van der Waals surface area contributed by atoms with Gasteiger partial charge in [-0.3, -0.25) is 4.90 Å². The highest BCUT2D eigenvalue weighted by molar-refractivity contribution is 5.36. The molecule has 0 aromatic heterocycles. The highest BCUT2D eigenvalue weighted by atomic mass is 16.5. The van der Waals surface area contributed by atoms with Gasteiger partial charge in [0.05, 0.1) is 19.3 Å². The van der Waals surface area contributed by atoms with Gasteiger partial charge in [-0.15, -0.1) is 0 Å². The first kappa shape index (κ1) is 14.6. The normalized spacial score (nSPS) is 18.9. The van der Waals surface area contributed by atoms with Crippen LogP contribution in [-0.4, -0.2) is 42.4 Å². The first-order valence-corrected chi connectivity index (χ1v) is 6.74. The molecule has 4 heteroatoms. The van der Waals surface area contributed by atoms with Gasteiger partial charge >= 0.3 is 0 Å². The molecule has 20 heavy (non-hydrogen) atoms. The lowest BCUT2D eigenvalue weighted by atomic mass is 10.1. The highest BCUT2D eigenvalue weighted by Crippen LogP contribution is 2.11. The van der Waals surface area contributed by atoms with Gasteiger partial charge in [-0.1, -0.05) is 24.0 Å². The van der Waals surface area contributed by atoms with Crippen LogP contribution in [0.1, 0.15) is 17.5 Å². The van der Waals surface area contributed by atoms with Crippen LogP contribution in [0.3, 0.4) is 0 Å². The van der Waals surface area contributed by atoms with Crippen molar-refractivity contribution in [3.05, 3.63) is 35.4 Å². The minimum Gasteiger partial charge on any atom is -0.395 e. The number of morpholine rings is 1. The number of ether oxygens (including phenoxy) is 1. The Balaban J connectivity index is 1.91. The summed E-state index contributed by atoms with van der Waals surface area (Å²) in [6, 6.07) is 10.2. The molecule has 1 fully saturated rings. The molecule has 104 valence electrons. The lowest BCUT2D eigenvalue weighted by molar-refractivity contribution is -0.00269. The molecule has 1 N–H and O–H groups in total. The fraction of sp³-hybridized carbons (Fsp3) is 0.438. The van der Waals surface area contributed by atoms with E-state index in [1.54, 1.807) is 0 Å². The Bertz CT molecular complexity index is 522. The molecule has 0 saturated carbocycles. The first-order chi connectivity index (χ1) is 9.81. The third kappa shape index (κ3) is 4.36. The molecule has 1 atom stereocenters. The molecule has 1 heterocycles. The Hall–Kier alpha value is -1.85. The van der Waals surface area contributed by atoms with E-state index in [0.29, 0.717) is 19.6 Å². The van der Waals surface area contributed by atoms with Crippen molar-refractivity contribution in [2.75, 3.05) is 26.3 Å². The van der Waals surface area contributed by atoms with Crippen molar-refractivity contribution in [3.63, 3.8) is 0 Å². The van der Waals surface area contributed by atoms with Gasteiger partial charge in [0.15, 0.2) is 6.10 Å². The number of rotatable bonds is 3. The lowest BCUT2D eigenvalue weighted by Crippen LogP contribution is -2.41. The largest absolute Gasteiger partial charge is 0.395 e. The molecule has 2 rings (SSSR count). The zero-order chi connectivity index (χ0) is 14.2. The van der Waals surface area contributed by atoms with Gasteiger partial charge in [0.1, 0.15) is 0 Å². The van der Waals surface area contributed by atoms with Crippen molar-refractivity contribution in [1.29, 1.82) is 5.26 Å². The Morgan fingerprint density at radius 3 is 2.85 bits per heavy atom. The first-order valence-electron chi connectivity index (χ1n) is 6.74. The van der Waals surface area contributed by atoms with Gasteiger partial charge in [0, 0.05) is 31.6 Å². The maximum absolute atomic E-state index is 8.88. The topological polar surface area (TPSA) is 56.5 Å². The van der Waals surface area contributed by atoms with Gasteiger partial charge in [0.2, 0.25) is 0 Å². The molecule has 1 aromatic rings. The van der Waals surface area contributed by atoms with E-state index in [9.17, 15) is 0 Å². The van der Waals surface area contributed by atoms with E-state index in [4.69, 9.17) is 15.1 Å². The van der Waals surface area contributed by atoms with E-state index in [-0.39, 0.29) is 12.7 Å². The standard InChI is InChI=1S/C16H18N2O2/c17-11-16-13-18(8-10-20-16)12-15-6-4-14(5-7-15)3-1-2-9-19/h4-7,16,19H,2,8-10,12-13H2. The van der Waals surface area contributed by atoms with Crippen LogP contribution in [0.4, 0.5) is 0 Å². The Morgan fingerprint density at radius 2 is 2.15 bits per heavy atom. The number of hydrogen-bond acceptors (Lipinski definition) is 4. The fourth-order valence-electron chi connectivity index (χ4n) is 2.10. The van der Waals surface area contributed by atoms with Crippen LogP contribution >= 0.6 is 0 Å². The molecule has 1 aliphatic heterocycles. The average molecular weight is 270 g/mol. The third-order valence-electron chi connectivity index (χ3n) is 3.12. The summed E-state index contributed by atoms with van der Waals surface area (Å²) in [5, 5.41) is 17.6. The molecule has 0 bridgehead atoms. The smallest absolute Gasteiger partial charge is 0.156 e. The summed E-state index contributed by atoms with van der Waals surface area (Å²) in [7, 11) is 0. The van der Waals surface area contributed by atoms with Crippen LogP contribution in [0, 0.1) is 23.2 Å². The van der Waals surface area contributed by atoms with Crippen LogP contribution < -0.4 is 0 Å². The fourth-order valence-corrected chi connectivity index (χ4v) is 2.10. The number of nitrogens with zero attached hydrogens (tertiary/aromatic N) is 2. The Kier molecular flexibility index (Phi) is 5.58. The Morgan fingerprint density at radius 1 is 1.35 bits per heavy atom. The summed E-state index contributed by atoms with van der Waals surface area (Å²) < 4.78 is 5.33. The maximum atomic E-state index is 8.88. The van der Waals surface area contributed by atoms with E-state index in [1.807, 2.05) is 12.1 Å². The SMILES string of the molecule is N#CC1CN(Cc2ccc(C#CCCO)cc2)CCO1. The molecular formula is C16H18N2O2.